The van der Waals surface area contributed by atoms with E-state index in [4.69, 9.17) is 88.4 Å². The van der Waals surface area contributed by atoms with E-state index >= 15 is 0 Å². The number of ether oxygens (including phenoxy) is 10. The van der Waals surface area contributed by atoms with Crippen LogP contribution in [0.15, 0.2) is 45.1 Å². The van der Waals surface area contributed by atoms with Crippen LogP contribution in [0, 0.1) is 5.92 Å². The zero-order valence-electron chi connectivity index (χ0n) is 59.1. The number of benzene rings is 1. The van der Waals surface area contributed by atoms with Crippen molar-refractivity contribution in [2.45, 2.75) is 176 Å². The van der Waals surface area contributed by atoms with Gasteiger partial charge in [-0.25, -0.2) is 44.3 Å². The fourth-order valence-corrected chi connectivity index (χ4v) is 12.3. The SMILES string of the molecule is CC1(C)OCc2c(Cl)nc(Cl)nc21.CC1(C)OCc2c1[nH]c(=O)[nH]c2=O.CCNC(=O)Nc1ccc(-c2nc(N3CCOC[C@@H]3C)c3c(n2)C(C)(C)OC3)cc1.COC(=O)C1=C(N)C(C)(C)OC1.COC(=O)C1COC(C)(C)C1=O.C[C@H]1COCCN1c1nc(Cl)nc2c1COC2(C)C. The number of amides is 2. The number of nitrogens with two attached hydrogens (primary N) is 1. The van der Waals surface area contributed by atoms with Gasteiger partial charge in [-0.1, -0.05) is 11.6 Å². The van der Waals surface area contributed by atoms with Gasteiger partial charge in [0, 0.05) is 47.6 Å². The molecule has 3 fully saturated rings. The Kier molecular flexibility index (Phi) is 24.5. The van der Waals surface area contributed by atoms with E-state index in [9.17, 15) is 28.8 Å². The highest BCUT2D eigenvalue weighted by atomic mass is 35.5. The van der Waals surface area contributed by atoms with Crippen molar-refractivity contribution < 1.29 is 66.5 Å². The van der Waals surface area contributed by atoms with Crippen LogP contribution in [0.5, 0.6) is 0 Å². The van der Waals surface area contributed by atoms with E-state index in [1.165, 1.54) is 14.2 Å². The van der Waals surface area contributed by atoms with Crippen LogP contribution in [0.3, 0.4) is 0 Å². The average Bonchev–Trinajstić information content (AvgIpc) is 1.69. The van der Waals surface area contributed by atoms with Crippen molar-refractivity contribution in [2.75, 3.05) is 88.6 Å². The van der Waals surface area contributed by atoms with Gasteiger partial charge in [0.15, 0.2) is 11.6 Å². The van der Waals surface area contributed by atoms with Gasteiger partial charge < -0.3 is 78.5 Å². The third-order valence-electron chi connectivity index (χ3n) is 17.5. The molecule has 0 saturated carbocycles. The number of hydrogen-bond acceptors (Lipinski definition) is 25. The molecule has 1 unspecified atom stereocenters. The minimum absolute atomic E-state index is 0.137. The number of carbonyl (C=O) groups excluding carboxylic acids is 4. The smallest absolute Gasteiger partial charge is 0.337 e. The van der Waals surface area contributed by atoms with Gasteiger partial charge in [-0.05, 0) is 151 Å². The first-order valence-electron chi connectivity index (χ1n) is 32.3. The maximum atomic E-state index is 11.7. The number of ketones is 1. The van der Waals surface area contributed by atoms with E-state index in [1.54, 1.807) is 13.8 Å². The van der Waals surface area contributed by atoms with Gasteiger partial charge in [-0.3, -0.25) is 19.4 Å². The number of esters is 2. The second-order valence-electron chi connectivity index (χ2n) is 27.2. The molecule has 5 aromatic rings. The van der Waals surface area contributed by atoms with Crippen molar-refractivity contribution in [3.63, 3.8) is 0 Å². The van der Waals surface area contributed by atoms with Crippen LogP contribution in [0.1, 0.15) is 149 Å². The molecule has 8 aliphatic heterocycles. The molecule has 13 rings (SSSR count). The number of anilines is 3. The summed E-state index contributed by atoms with van der Waals surface area (Å²) in [5.41, 5.74) is 10.8. The molecule has 32 heteroatoms. The summed E-state index contributed by atoms with van der Waals surface area (Å²) in [6.07, 6.45) is 0. The Hall–Kier alpha value is -7.29. The maximum Gasteiger partial charge on any atom is 0.337 e. The molecule has 99 heavy (non-hydrogen) atoms. The van der Waals surface area contributed by atoms with Crippen molar-refractivity contribution in [3.8, 4) is 11.4 Å². The number of urea groups is 1. The van der Waals surface area contributed by atoms with Crippen LogP contribution in [-0.4, -0.2) is 160 Å². The maximum absolute atomic E-state index is 11.7. The minimum atomic E-state index is -0.834. The topological polar surface area (TPSA) is 360 Å². The fourth-order valence-electron chi connectivity index (χ4n) is 11.7. The van der Waals surface area contributed by atoms with Gasteiger partial charge >= 0.3 is 23.7 Å². The number of Topliss-reactive ketones (excluding diaryl/α,β-unsaturated/α-hetero) is 1. The van der Waals surface area contributed by atoms with Crippen LogP contribution in [0.25, 0.3) is 11.4 Å². The van der Waals surface area contributed by atoms with Gasteiger partial charge in [-0.15, -0.1) is 0 Å². The van der Waals surface area contributed by atoms with Crippen molar-refractivity contribution in [2.24, 2.45) is 11.7 Å². The number of rotatable bonds is 7. The standard InChI is InChI=1S/C22H29N5O3.C13H18ClN3O2.C8H8Cl2N2O.C8H10N2O3.C8H13NO3.C8H12O4/c1-5-23-21(28)24-16-8-6-15(7-9-16)19-25-18-17(13-30-22(18,3)4)20(26-19)27-10-11-29-12-14(27)2;1-8-6-18-5-4-17(8)11-9-7-19-13(2,3)10(9)15-12(14)16-11;1-8(2)5-4(3-13-8)6(9)12-7(10)11-5;1-8(2)5-4(3-13-8)6(11)10-7(12)9-5;2*1-8(2)6(9)5(4-12-8)7(10)11-3/h6-9,14H,5,10-13H2,1-4H3,(H2,23,24,28);8H,4-7H2,1-3H3;3H2,1-2H3;3H2,1-2H3,(H2,9,10,11,12);4,9H2,1-3H3;5H,4H2,1-3H3/t14-;8-;;;;/m00..../s1. The summed E-state index contributed by atoms with van der Waals surface area (Å²) in [6.45, 7) is 35.8. The molecular weight excluding hydrogens is 1350 g/mol. The van der Waals surface area contributed by atoms with Crippen LogP contribution >= 0.6 is 34.8 Å². The summed E-state index contributed by atoms with van der Waals surface area (Å²) in [5.74, 6) is 0.644. The fraction of sp³-hybridized carbons (Fsp3) is 0.582. The highest BCUT2D eigenvalue weighted by Crippen LogP contribution is 2.43. The van der Waals surface area contributed by atoms with Crippen molar-refractivity contribution >= 4 is 75.9 Å². The zero-order chi connectivity index (χ0) is 72.9. The number of hydrogen-bond donors (Lipinski definition) is 5. The predicted molar refractivity (Wildman–Crippen MR) is 367 cm³/mol. The Bertz CT molecular complexity index is 3970. The number of aromatic amines is 2. The van der Waals surface area contributed by atoms with E-state index in [2.05, 4.69) is 73.7 Å². The van der Waals surface area contributed by atoms with E-state index < -0.39 is 57.2 Å². The minimum Gasteiger partial charge on any atom is -0.468 e. The van der Waals surface area contributed by atoms with E-state index in [-0.39, 0.29) is 59.8 Å². The Labute approximate surface area is 589 Å². The second kappa shape index (κ2) is 31.3. The number of halogens is 3. The molecule has 0 radical (unpaired) electrons. The summed E-state index contributed by atoms with van der Waals surface area (Å²) in [6, 6.07) is 7.88. The van der Waals surface area contributed by atoms with Gasteiger partial charge in [0.1, 0.15) is 56.3 Å². The van der Waals surface area contributed by atoms with E-state index in [1.807, 2.05) is 100 Å². The van der Waals surface area contributed by atoms with Gasteiger partial charge in [0.25, 0.3) is 5.56 Å². The first kappa shape index (κ1) is 77.4. The summed E-state index contributed by atoms with van der Waals surface area (Å²) in [4.78, 5) is 103. The third kappa shape index (κ3) is 17.9. The lowest BCUT2D eigenvalue weighted by atomic mass is 9.96. The van der Waals surface area contributed by atoms with Crippen LogP contribution < -0.4 is 37.4 Å². The molecule has 3 atom stereocenters. The summed E-state index contributed by atoms with van der Waals surface area (Å²) >= 11 is 17.7. The number of nitrogens with zero attached hydrogens (tertiary/aromatic N) is 8. The second-order valence-corrected chi connectivity index (χ2v) is 28.2. The van der Waals surface area contributed by atoms with E-state index in [0.29, 0.717) is 86.3 Å². The molecule has 29 nitrogen and oxygen atoms in total. The molecule has 3 saturated heterocycles. The van der Waals surface area contributed by atoms with Crippen LogP contribution in [0.2, 0.25) is 15.7 Å². The average molecular weight is 1440 g/mol. The molecule has 0 bridgehead atoms. The molecule has 12 heterocycles. The number of H-pyrrole nitrogens is 2. The number of carbonyl (C=O) groups is 4. The molecule has 0 spiro atoms. The molecule has 540 valence electrons. The molecule has 4 aromatic heterocycles. The normalized spacial score (nSPS) is 21.7. The van der Waals surface area contributed by atoms with Gasteiger partial charge in [0.05, 0.1) is 132 Å². The Morgan fingerprint density at radius 3 is 1.59 bits per heavy atom. The highest BCUT2D eigenvalue weighted by molar-refractivity contribution is 6.32. The van der Waals surface area contributed by atoms with Gasteiger partial charge in [0.2, 0.25) is 10.6 Å². The summed E-state index contributed by atoms with van der Waals surface area (Å²) < 4.78 is 53.2. The zero-order valence-corrected chi connectivity index (χ0v) is 61.3. The quantitative estimate of drug-likeness (QED) is 0.0444. The molecule has 1 aromatic carbocycles. The first-order valence-corrected chi connectivity index (χ1v) is 33.4. The lowest BCUT2D eigenvalue weighted by Gasteiger charge is -2.35. The third-order valence-corrected chi connectivity index (χ3v) is 18.2. The van der Waals surface area contributed by atoms with Crippen molar-refractivity contribution in [3.05, 3.63) is 117 Å². The largest absolute Gasteiger partial charge is 0.468 e. The molecular formula is C67H90Cl3N13O16. The summed E-state index contributed by atoms with van der Waals surface area (Å²) in [7, 11) is 2.59. The van der Waals surface area contributed by atoms with Gasteiger partial charge in [-0.2, -0.15) is 0 Å². The lowest BCUT2D eigenvalue weighted by Crippen LogP contribution is -2.44. The Balaban J connectivity index is 0.000000158. The molecule has 6 N–H and O–H groups in total. The number of methoxy groups -OCH3 is 2. The molecule has 8 aliphatic rings. The number of nitrogens with one attached hydrogen (secondary N) is 4. The monoisotopic (exact) mass is 1440 g/mol. The predicted octanol–water partition coefficient (Wildman–Crippen LogP) is 8.11. The molecule has 0 aliphatic carbocycles. The Morgan fingerprint density at radius 2 is 1.09 bits per heavy atom. The number of aromatic nitrogens is 8. The van der Waals surface area contributed by atoms with E-state index in [0.717, 1.165) is 69.7 Å². The summed E-state index contributed by atoms with van der Waals surface area (Å²) in [5, 5.41) is 6.37. The number of fused-ring (bicyclic) bond motifs is 4. The van der Waals surface area contributed by atoms with Crippen molar-refractivity contribution in [1.82, 2.24) is 45.2 Å². The first-order chi connectivity index (χ1) is 46.4. The highest BCUT2D eigenvalue weighted by Gasteiger charge is 2.47. The Morgan fingerprint density at radius 1 is 0.596 bits per heavy atom. The lowest BCUT2D eigenvalue weighted by molar-refractivity contribution is -0.148. The van der Waals surface area contributed by atoms with Crippen LogP contribution in [0.4, 0.5) is 22.1 Å². The molecule has 2 amide bonds. The van der Waals surface area contributed by atoms with Crippen molar-refractivity contribution in [1.29, 1.82) is 0 Å². The van der Waals surface area contributed by atoms with Crippen LogP contribution in [-0.2, 0) is 111 Å². The number of morpholine rings is 2.